The van der Waals surface area contributed by atoms with Gasteiger partial charge in [0.1, 0.15) is 0 Å². The number of aryl methyl sites for hydroxylation is 1. The number of anilines is 1. The molecule has 1 atom stereocenters. The average Bonchev–Trinajstić information content (AvgIpc) is 2.71. The molecule has 1 aliphatic heterocycles. The van der Waals surface area contributed by atoms with Crippen molar-refractivity contribution in [2.75, 3.05) is 17.2 Å². The van der Waals surface area contributed by atoms with Gasteiger partial charge in [0, 0.05) is 24.6 Å². The van der Waals surface area contributed by atoms with E-state index in [4.69, 9.17) is 0 Å². The molecule has 1 aromatic rings. The van der Waals surface area contributed by atoms with Crippen LogP contribution in [0.3, 0.4) is 0 Å². The Morgan fingerprint density at radius 3 is 2.83 bits per heavy atom. The number of hydrogen-bond donors (Lipinski definition) is 1. The van der Waals surface area contributed by atoms with E-state index in [1.165, 1.54) is 6.07 Å². The van der Waals surface area contributed by atoms with Crippen LogP contribution in [0.15, 0.2) is 18.2 Å². The summed E-state index contributed by atoms with van der Waals surface area (Å²) in [6.45, 7) is 2.27. The van der Waals surface area contributed by atoms with Crippen LogP contribution in [0.5, 0.6) is 0 Å². The Balaban J connectivity index is 2.32. The van der Waals surface area contributed by atoms with Crippen molar-refractivity contribution in [3.05, 3.63) is 33.9 Å². The first-order valence-corrected chi connectivity index (χ1v) is 6.32. The second-order valence-electron chi connectivity index (χ2n) is 4.48. The van der Waals surface area contributed by atoms with Gasteiger partial charge in [0.15, 0.2) is 0 Å². The molecule has 2 rings (SSSR count). The zero-order valence-electron chi connectivity index (χ0n) is 10.00. The van der Waals surface area contributed by atoms with Crippen molar-refractivity contribution >= 4 is 29.9 Å². The third-order valence-electron chi connectivity index (χ3n) is 3.16. The Morgan fingerprint density at radius 2 is 2.28 bits per heavy atom. The van der Waals surface area contributed by atoms with E-state index in [2.05, 4.69) is 12.6 Å². The minimum atomic E-state index is -0.421. The van der Waals surface area contributed by atoms with Gasteiger partial charge in [0.05, 0.1) is 10.6 Å². The van der Waals surface area contributed by atoms with Crippen molar-refractivity contribution in [2.45, 2.75) is 13.3 Å². The number of nitrogens with zero attached hydrogens (tertiary/aromatic N) is 2. The van der Waals surface area contributed by atoms with Crippen LogP contribution < -0.4 is 4.90 Å². The molecule has 0 aliphatic carbocycles. The number of carbonyl (C=O) groups excluding carboxylic acids is 1. The molecule has 1 amide bonds. The molecule has 1 saturated heterocycles. The van der Waals surface area contributed by atoms with Crippen molar-refractivity contribution in [1.82, 2.24) is 0 Å². The van der Waals surface area contributed by atoms with E-state index in [1.54, 1.807) is 24.0 Å². The highest BCUT2D eigenvalue weighted by atomic mass is 32.1. The van der Waals surface area contributed by atoms with Gasteiger partial charge in [-0.25, -0.2) is 0 Å². The van der Waals surface area contributed by atoms with Gasteiger partial charge in [-0.1, -0.05) is 6.07 Å². The number of nitro benzene ring substituents is 1. The summed E-state index contributed by atoms with van der Waals surface area (Å²) in [6, 6.07) is 4.89. The molecule has 1 unspecified atom stereocenters. The maximum Gasteiger partial charge on any atom is 0.274 e. The van der Waals surface area contributed by atoms with Gasteiger partial charge >= 0.3 is 0 Å². The third kappa shape index (κ3) is 2.33. The van der Waals surface area contributed by atoms with Gasteiger partial charge in [-0.15, -0.1) is 0 Å². The van der Waals surface area contributed by atoms with Crippen molar-refractivity contribution in [2.24, 2.45) is 5.92 Å². The Labute approximate surface area is 110 Å². The molecule has 18 heavy (non-hydrogen) atoms. The van der Waals surface area contributed by atoms with E-state index in [0.29, 0.717) is 30.0 Å². The second-order valence-corrected chi connectivity index (χ2v) is 4.85. The first-order valence-electron chi connectivity index (χ1n) is 5.69. The van der Waals surface area contributed by atoms with Crippen LogP contribution in [-0.4, -0.2) is 23.1 Å². The zero-order chi connectivity index (χ0) is 13.3. The smallest absolute Gasteiger partial charge is 0.274 e. The predicted molar refractivity (Wildman–Crippen MR) is 72.1 cm³/mol. The Morgan fingerprint density at radius 1 is 1.56 bits per heavy atom. The summed E-state index contributed by atoms with van der Waals surface area (Å²) in [5, 5.41) is 10.9. The summed E-state index contributed by atoms with van der Waals surface area (Å²) in [6.07, 6.45) is 0.463. The lowest BCUT2D eigenvalue weighted by Crippen LogP contribution is -2.24. The molecule has 1 fully saturated rings. The van der Waals surface area contributed by atoms with E-state index in [1.807, 2.05) is 0 Å². The van der Waals surface area contributed by atoms with Crippen molar-refractivity contribution in [3.63, 3.8) is 0 Å². The fraction of sp³-hybridized carbons (Fsp3) is 0.417. The number of nitro groups is 1. The van der Waals surface area contributed by atoms with Gasteiger partial charge in [0.2, 0.25) is 5.91 Å². The molecule has 5 nitrogen and oxygen atoms in total. The number of hydrogen-bond acceptors (Lipinski definition) is 4. The lowest BCUT2D eigenvalue weighted by Gasteiger charge is -2.16. The van der Waals surface area contributed by atoms with Crippen LogP contribution in [0.1, 0.15) is 12.0 Å². The SMILES string of the molecule is Cc1ccc(N2CC(CS)CC2=O)cc1[N+](=O)[O-]. The highest BCUT2D eigenvalue weighted by Crippen LogP contribution is 2.30. The van der Waals surface area contributed by atoms with Crippen LogP contribution >= 0.6 is 12.6 Å². The van der Waals surface area contributed by atoms with E-state index in [-0.39, 0.29) is 17.5 Å². The third-order valence-corrected chi connectivity index (χ3v) is 3.68. The maximum absolute atomic E-state index is 11.8. The quantitative estimate of drug-likeness (QED) is 0.518. The fourth-order valence-corrected chi connectivity index (χ4v) is 2.36. The zero-order valence-corrected chi connectivity index (χ0v) is 10.9. The second kappa shape index (κ2) is 4.97. The first kappa shape index (κ1) is 12.9. The average molecular weight is 266 g/mol. The molecule has 6 heteroatoms. The topological polar surface area (TPSA) is 63.5 Å². The molecule has 1 aromatic carbocycles. The van der Waals surface area contributed by atoms with Crippen molar-refractivity contribution in [1.29, 1.82) is 0 Å². The van der Waals surface area contributed by atoms with Gasteiger partial charge < -0.3 is 4.90 Å². The van der Waals surface area contributed by atoms with E-state index >= 15 is 0 Å². The van der Waals surface area contributed by atoms with Gasteiger partial charge in [0.25, 0.3) is 5.69 Å². The minimum absolute atomic E-state index is 0.00667. The van der Waals surface area contributed by atoms with Crippen molar-refractivity contribution < 1.29 is 9.72 Å². The standard InChI is InChI=1S/C12H14N2O3S/c1-8-2-3-10(5-11(8)14(16)17)13-6-9(7-18)4-12(13)15/h2-3,5,9,18H,4,6-7H2,1H3. The number of thiol groups is 1. The summed E-state index contributed by atoms with van der Waals surface area (Å²) < 4.78 is 0. The molecule has 0 saturated carbocycles. The molecule has 1 heterocycles. The normalized spacial score (nSPS) is 19.3. The summed E-state index contributed by atoms with van der Waals surface area (Å²) in [5.74, 6) is 0.879. The molecule has 0 aromatic heterocycles. The molecule has 0 radical (unpaired) electrons. The predicted octanol–water partition coefficient (Wildman–Crippen LogP) is 2.19. The van der Waals surface area contributed by atoms with E-state index < -0.39 is 4.92 Å². The van der Waals surface area contributed by atoms with Crippen LogP contribution in [0.2, 0.25) is 0 Å². The number of benzene rings is 1. The highest BCUT2D eigenvalue weighted by Gasteiger charge is 2.30. The molecule has 0 bridgehead atoms. The Bertz CT molecular complexity index is 504. The van der Waals surface area contributed by atoms with E-state index in [9.17, 15) is 14.9 Å². The monoisotopic (exact) mass is 266 g/mol. The van der Waals surface area contributed by atoms with Crippen LogP contribution in [0.25, 0.3) is 0 Å². The number of amides is 1. The molecule has 0 spiro atoms. The number of rotatable bonds is 3. The van der Waals surface area contributed by atoms with Crippen molar-refractivity contribution in [3.8, 4) is 0 Å². The molecule has 1 aliphatic rings. The van der Waals surface area contributed by atoms with Crippen LogP contribution in [0.4, 0.5) is 11.4 Å². The Kier molecular flexibility index (Phi) is 3.56. The minimum Gasteiger partial charge on any atom is -0.312 e. The van der Waals surface area contributed by atoms with Crippen LogP contribution in [-0.2, 0) is 4.79 Å². The summed E-state index contributed by atoms with van der Waals surface area (Å²) in [7, 11) is 0. The highest BCUT2D eigenvalue weighted by molar-refractivity contribution is 7.80. The Hall–Kier alpha value is -1.56. The van der Waals surface area contributed by atoms with Gasteiger partial charge in [-0.05, 0) is 24.7 Å². The summed E-state index contributed by atoms with van der Waals surface area (Å²) >= 11 is 4.19. The van der Waals surface area contributed by atoms with Crippen LogP contribution in [0, 0.1) is 23.0 Å². The van der Waals surface area contributed by atoms with E-state index in [0.717, 1.165) is 0 Å². The first-order chi connectivity index (χ1) is 8.52. The maximum atomic E-state index is 11.8. The lowest BCUT2D eigenvalue weighted by molar-refractivity contribution is -0.385. The largest absolute Gasteiger partial charge is 0.312 e. The molecule has 0 N–H and O–H groups in total. The summed E-state index contributed by atoms with van der Waals surface area (Å²) in [4.78, 5) is 23.9. The molecular formula is C12H14N2O3S. The van der Waals surface area contributed by atoms with Gasteiger partial charge in [-0.3, -0.25) is 14.9 Å². The van der Waals surface area contributed by atoms with Gasteiger partial charge in [-0.2, -0.15) is 12.6 Å². The molecular weight excluding hydrogens is 252 g/mol. The fourth-order valence-electron chi connectivity index (χ4n) is 2.12. The number of carbonyl (C=O) groups is 1. The summed E-state index contributed by atoms with van der Waals surface area (Å²) in [5.41, 5.74) is 1.25. The molecule has 96 valence electrons. The lowest BCUT2D eigenvalue weighted by atomic mass is 10.1.